The molecule has 1 fully saturated rings. The Morgan fingerprint density at radius 2 is 1.88 bits per heavy atom. The summed E-state index contributed by atoms with van der Waals surface area (Å²) in [7, 11) is 0. The molecule has 4 rings (SSSR count). The van der Waals surface area contributed by atoms with Gasteiger partial charge in [0.05, 0.1) is 11.3 Å². The Balaban J connectivity index is 1.57. The first-order valence-corrected chi connectivity index (χ1v) is 10.8. The molecule has 1 atom stereocenters. The lowest BCUT2D eigenvalue weighted by molar-refractivity contribution is -0.133. The van der Waals surface area contributed by atoms with Crippen molar-refractivity contribution in [1.82, 2.24) is 25.0 Å². The lowest BCUT2D eigenvalue weighted by atomic mass is 10.1. The molecule has 162 valence electrons. The number of carbonyl (C=O) groups is 2. The fourth-order valence-electron chi connectivity index (χ4n) is 3.69. The van der Waals surface area contributed by atoms with Crippen molar-refractivity contribution in [2.24, 2.45) is 0 Å². The van der Waals surface area contributed by atoms with Gasteiger partial charge in [-0.1, -0.05) is 12.0 Å². The third kappa shape index (κ3) is 5.03. The van der Waals surface area contributed by atoms with Crippen molar-refractivity contribution in [3.8, 4) is 17.5 Å². The fourth-order valence-corrected chi connectivity index (χ4v) is 3.69. The lowest BCUT2D eigenvalue weighted by Crippen LogP contribution is -2.48. The number of rotatable bonds is 4. The zero-order valence-corrected chi connectivity index (χ0v) is 18.0. The summed E-state index contributed by atoms with van der Waals surface area (Å²) >= 11 is 0. The van der Waals surface area contributed by atoms with Gasteiger partial charge in [0, 0.05) is 37.2 Å². The number of hydrogen-bond acceptors (Lipinski definition) is 4. The molecule has 7 nitrogen and oxygen atoms in total. The minimum atomic E-state index is -0.588. The van der Waals surface area contributed by atoms with Crippen LogP contribution >= 0.6 is 0 Å². The number of likely N-dealkylation sites (tertiary alicyclic amines) is 1. The van der Waals surface area contributed by atoms with Crippen LogP contribution in [0.4, 0.5) is 0 Å². The SMILES string of the molecule is CC(NC(=O)c1ccc(-n2cccn2)c(C#Cc2ccccn2)c1)C(=O)N1CCCCC1. The highest BCUT2D eigenvalue weighted by Gasteiger charge is 2.24. The summed E-state index contributed by atoms with van der Waals surface area (Å²) in [5.41, 5.74) is 2.47. The van der Waals surface area contributed by atoms with Crippen molar-refractivity contribution in [3.63, 3.8) is 0 Å². The van der Waals surface area contributed by atoms with Gasteiger partial charge < -0.3 is 10.2 Å². The number of piperidine rings is 1. The van der Waals surface area contributed by atoms with E-state index in [1.54, 1.807) is 36.1 Å². The van der Waals surface area contributed by atoms with Crippen molar-refractivity contribution in [2.75, 3.05) is 13.1 Å². The van der Waals surface area contributed by atoms with Crippen LogP contribution in [0.2, 0.25) is 0 Å². The predicted octanol–water partition coefficient (Wildman–Crippen LogP) is 2.80. The topological polar surface area (TPSA) is 80.1 Å². The molecule has 1 aliphatic heterocycles. The summed E-state index contributed by atoms with van der Waals surface area (Å²) in [5, 5.41) is 7.12. The molecule has 7 heteroatoms. The summed E-state index contributed by atoms with van der Waals surface area (Å²) in [6.45, 7) is 3.24. The molecule has 1 aliphatic rings. The molecule has 1 N–H and O–H groups in total. The Hall–Kier alpha value is -3.92. The normalized spacial score (nSPS) is 14.2. The van der Waals surface area contributed by atoms with E-state index >= 15 is 0 Å². The minimum absolute atomic E-state index is 0.0404. The number of aromatic nitrogens is 3. The molecule has 0 aliphatic carbocycles. The summed E-state index contributed by atoms with van der Waals surface area (Å²) < 4.78 is 1.70. The van der Waals surface area contributed by atoms with E-state index < -0.39 is 6.04 Å². The van der Waals surface area contributed by atoms with Crippen LogP contribution in [0.1, 0.15) is 47.8 Å². The van der Waals surface area contributed by atoms with E-state index in [0.29, 0.717) is 16.8 Å². The van der Waals surface area contributed by atoms with Crippen LogP contribution in [0.15, 0.2) is 61.1 Å². The molecule has 0 spiro atoms. The van der Waals surface area contributed by atoms with E-state index in [4.69, 9.17) is 0 Å². The Bertz CT molecular complexity index is 1140. The van der Waals surface area contributed by atoms with E-state index in [1.807, 2.05) is 41.4 Å². The van der Waals surface area contributed by atoms with Gasteiger partial charge in [-0.3, -0.25) is 9.59 Å². The molecular formula is C25H25N5O2. The van der Waals surface area contributed by atoms with E-state index in [1.165, 1.54) is 0 Å². The van der Waals surface area contributed by atoms with Gasteiger partial charge in [-0.25, -0.2) is 9.67 Å². The summed E-state index contributed by atoms with van der Waals surface area (Å²) in [4.78, 5) is 31.6. The molecule has 1 aromatic carbocycles. The third-order valence-corrected chi connectivity index (χ3v) is 5.39. The van der Waals surface area contributed by atoms with Gasteiger partial charge >= 0.3 is 0 Å². The monoisotopic (exact) mass is 427 g/mol. The van der Waals surface area contributed by atoms with Crippen LogP contribution in [0.3, 0.4) is 0 Å². The molecule has 1 unspecified atom stereocenters. The Morgan fingerprint density at radius 3 is 2.59 bits per heavy atom. The number of benzene rings is 1. The number of carbonyl (C=O) groups excluding carboxylic acids is 2. The molecular weight excluding hydrogens is 402 g/mol. The molecule has 0 saturated carbocycles. The van der Waals surface area contributed by atoms with Crippen molar-refractivity contribution >= 4 is 11.8 Å². The van der Waals surface area contributed by atoms with Crippen LogP contribution < -0.4 is 5.32 Å². The van der Waals surface area contributed by atoms with E-state index in [9.17, 15) is 9.59 Å². The Labute approximate surface area is 187 Å². The quantitative estimate of drug-likeness (QED) is 0.650. The molecule has 2 amide bonds. The highest BCUT2D eigenvalue weighted by Crippen LogP contribution is 2.16. The van der Waals surface area contributed by atoms with Gasteiger partial charge in [0.25, 0.3) is 5.91 Å². The molecule has 3 heterocycles. The number of amides is 2. The largest absolute Gasteiger partial charge is 0.341 e. The van der Waals surface area contributed by atoms with Gasteiger partial charge in [0.1, 0.15) is 11.7 Å². The van der Waals surface area contributed by atoms with Crippen molar-refractivity contribution in [3.05, 3.63) is 77.9 Å². The van der Waals surface area contributed by atoms with Crippen molar-refractivity contribution < 1.29 is 9.59 Å². The maximum absolute atomic E-state index is 12.9. The van der Waals surface area contributed by atoms with Gasteiger partial charge in [-0.05, 0) is 68.5 Å². The van der Waals surface area contributed by atoms with Gasteiger partial charge in [0.2, 0.25) is 5.91 Å². The van der Waals surface area contributed by atoms with Crippen LogP contribution in [0.5, 0.6) is 0 Å². The average molecular weight is 428 g/mol. The zero-order valence-electron chi connectivity index (χ0n) is 18.0. The molecule has 3 aromatic rings. The fraction of sp³-hybridized carbons (Fsp3) is 0.280. The second-order valence-electron chi connectivity index (χ2n) is 7.73. The first-order valence-electron chi connectivity index (χ1n) is 10.8. The maximum atomic E-state index is 12.9. The van der Waals surface area contributed by atoms with Crippen LogP contribution in [0.25, 0.3) is 5.69 Å². The number of hydrogen-bond donors (Lipinski definition) is 1. The predicted molar refractivity (Wildman–Crippen MR) is 121 cm³/mol. The van der Waals surface area contributed by atoms with Crippen LogP contribution in [-0.4, -0.2) is 50.6 Å². The summed E-state index contributed by atoms with van der Waals surface area (Å²) in [5.74, 6) is 5.80. The Kier molecular flexibility index (Phi) is 6.61. The second-order valence-corrected chi connectivity index (χ2v) is 7.73. The molecule has 32 heavy (non-hydrogen) atoms. The maximum Gasteiger partial charge on any atom is 0.251 e. The summed E-state index contributed by atoms with van der Waals surface area (Å²) in [6, 6.07) is 12.0. The van der Waals surface area contributed by atoms with Gasteiger partial charge in [0.15, 0.2) is 0 Å². The first kappa shape index (κ1) is 21.3. The minimum Gasteiger partial charge on any atom is -0.341 e. The standard InChI is InChI=1S/C25H25N5O2/c1-19(25(32)29-15-5-2-6-16-29)28-24(31)21-10-12-23(30-17-7-14-27-30)20(18-21)9-11-22-8-3-4-13-26-22/h3-4,7-8,10,12-14,17-19H,2,5-6,15-16H2,1H3,(H,28,31). The van der Waals surface area contributed by atoms with Gasteiger partial charge in [-0.2, -0.15) is 5.10 Å². The molecule has 0 bridgehead atoms. The van der Waals surface area contributed by atoms with Crippen molar-refractivity contribution in [2.45, 2.75) is 32.2 Å². The molecule has 2 aromatic heterocycles. The number of nitrogens with zero attached hydrogens (tertiary/aromatic N) is 4. The number of nitrogens with one attached hydrogen (secondary N) is 1. The number of pyridine rings is 1. The second kappa shape index (κ2) is 9.92. The third-order valence-electron chi connectivity index (χ3n) is 5.39. The highest BCUT2D eigenvalue weighted by atomic mass is 16.2. The summed E-state index contributed by atoms with van der Waals surface area (Å²) in [6.07, 6.45) is 8.36. The molecule has 1 saturated heterocycles. The van der Waals surface area contributed by atoms with Crippen LogP contribution in [-0.2, 0) is 4.79 Å². The van der Waals surface area contributed by atoms with Crippen molar-refractivity contribution in [1.29, 1.82) is 0 Å². The lowest BCUT2D eigenvalue weighted by Gasteiger charge is -2.29. The first-order chi connectivity index (χ1) is 15.6. The van der Waals surface area contributed by atoms with E-state index in [-0.39, 0.29) is 11.8 Å². The average Bonchev–Trinajstić information content (AvgIpc) is 3.38. The van der Waals surface area contributed by atoms with Gasteiger partial charge in [-0.15, -0.1) is 0 Å². The van der Waals surface area contributed by atoms with E-state index in [2.05, 4.69) is 27.2 Å². The molecule has 0 radical (unpaired) electrons. The van der Waals surface area contributed by atoms with Crippen LogP contribution in [0, 0.1) is 11.8 Å². The smallest absolute Gasteiger partial charge is 0.251 e. The zero-order chi connectivity index (χ0) is 22.3. The highest BCUT2D eigenvalue weighted by molar-refractivity contribution is 5.98. The Morgan fingerprint density at radius 1 is 1.03 bits per heavy atom. The van der Waals surface area contributed by atoms with E-state index in [0.717, 1.165) is 38.0 Å².